The van der Waals surface area contributed by atoms with Crippen LogP contribution in [-0.4, -0.2) is 45.9 Å². The van der Waals surface area contributed by atoms with Crippen LogP contribution in [0.1, 0.15) is 33.6 Å². The average Bonchev–Trinajstić information content (AvgIpc) is 2.44. The predicted molar refractivity (Wildman–Crippen MR) is 74.6 cm³/mol. The summed E-state index contributed by atoms with van der Waals surface area (Å²) in [5.41, 5.74) is -0.464. The maximum absolute atomic E-state index is 9.40. The van der Waals surface area contributed by atoms with E-state index in [1.54, 1.807) is 7.05 Å². The Morgan fingerprint density at radius 2 is 1.89 bits per heavy atom. The van der Waals surface area contributed by atoms with Gasteiger partial charge in [0.05, 0.1) is 18.8 Å². The first-order valence-corrected chi connectivity index (χ1v) is 6.52. The van der Waals surface area contributed by atoms with Gasteiger partial charge >= 0.3 is 6.01 Å². The molecule has 1 atom stereocenters. The third-order valence-corrected chi connectivity index (χ3v) is 2.82. The Hall–Kier alpha value is -1.63. The van der Waals surface area contributed by atoms with E-state index in [-0.39, 0.29) is 12.6 Å². The fourth-order valence-corrected chi connectivity index (χ4v) is 1.29. The summed E-state index contributed by atoms with van der Waals surface area (Å²) in [5.74, 6) is 0.823. The molecule has 0 aromatic carbocycles. The molecule has 1 unspecified atom stereocenters. The van der Waals surface area contributed by atoms with Crippen molar-refractivity contribution in [3.63, 3.8) is 0 Å². The van der Waals surface area contributed by atoms with Gasteiger partial charge in [-0.05, 0) is 19.8 Å². The Bertz CT molecular complexity index is 396. The highest BCUT2D eigenvalue weighted by Crippen LogP contribution is 2.17. The lowest BCUT2D eigenvalue weighted by atomic mass is 10.0. The quantitative estimate of drug-likeness (QED) is 0.654. The van der Waals surface area contributed by atoms with Crippen LogP contribution in [0.2, 0.25) is 0 Å². The van der Waals surface area contributed by atoms with Gasteiger partial charge in [0.1, 0.15) is 0 Å². The summed E-state index contributed by atoms with van der Waals surface area (Å²) >= 11 is 0. The molecule has 0 amide bonds. The smallest absolute Gasteiger partial charge is 0.323 e. The number of rotatable bonds is 8. The van der Waals surface area contributed by atoms with Crippen molar-refractivity contribution >= 4 is 11.9 Å². The highest BCUT2D eigenvalue weighted by molar-refractivity contribution is 5.37. The number of aliphatic hydroxyl groups excluding tert-OH is 1. The van der Waals surface area contributed by atoms with E-state index in [9.17, 15) is 5.11 Å². The number of nitrogens with zero attached hydrogens (tertiary/aromatic N) is 3. The number of nitrogens with one attached hydrogen (secondary N) is 2. The van der Waals surface area contributed by atoms with Gasteiger partial charge < -0.3 is 20.5 Å². The Morgan fingerprint density at radius 3 is 2.42 bits per heavy atom. The van der Waals surface area contributed by atoms with E-state index in [2.05, 4.69) is 25.6 Å². The zero-order chi connectivity index (χ0) is 14.3. The molecule has 1 rings (SSSR count). The second kappa shape index (κ2) is 7.08. The van der Waals surface area contributed by atoms with Crippen LogP contribution in [0.15, 0.2) is 0 Å². The number of ether oxygens (including phenoxy) is 1. The van der Waals surface area contributed by atoms with Crippen LogP contribution in [0.4, 0.5) is 11.9 Å². The standard InChI is InChI=1S/C12H23N5O2/c1-5-7-19-11-15-9(13-4)14-10(16-11)17-12(3,6-2)8-18/h18H,5-8H2,1-4H3,(H2,13,14,15,16,17). The molecule has 0 aliphatic carbocycles. The third kappa shape index (κ3) is 4.51. The maximum atomic E-state index is 9.40. The van der Waals surface area contributed by atoms with Gasteiger partial charge in [-0.3, -0.25) is 0 Å². The van der Waals surface area contributed by atoms with Crippen LogP contribution in [-0.2, 0) is 0 Å². The van der Waals surface area contributed by atoms with Crippen LogP contribution < -0.4 is 15.4 Å². The molecular formula is C12H23N5O2. The van der Waals surface area contributed by atoms with Crippen LogP contribution >= 0.6 is 0 Å². The monoisotopic (exact) mass is 269 g/mol. The number of aliphatic hydroxyl groups is 1. The average molecular weight is 269 g/mol. The summed E-state index contributed by atoms with van der Waals surface area (Å²) in [6.07, 6.45) is 1.63. The molecule has 7 nitrogen and oxygen atoms in total. The van der Waals surface area contributed by atoms with Gasteiger partial charge in [-0.2, -0.15) is 15.0 Å². The van der Waals surface area contributed by atoms with Gasteiger partial charge in [0, 0.05) is 7.05 Å². The minimum absolute atomic E-state index is 0.00474. The lowest BCUT2D eigenvalue weighted by Gasteiger charge is -2.27. The second-order valence-electron chi connectivity index (χ2n) is 4.56. The zero-order valence-electron chi connectivity index (χ0n) is 12.0. The van der Waals surface area contributed by atoms with Gasteiger partial charge in [0.25, 0.3) is 0 Å². The molecule has 19 heavy (non-hydrogen) atoms. The van der Waals surface area contributed by atoms with Gasteiger partial charge in [0.15, 0.2) is 0 Å². The van der Waals surface area contributed by atoms with Gasteiger partial charge in [-0.1, -0.05) is 13.8 Å². The Balaban J connectivity index is 2.92. The largest absolute Gasteiger partial charge is 0.463 e. The Kier molecular flexibility index (Phi) is 5.75. The van der Waals surface area contributed by atoms with Crippen molar-refractivity contribution in [1.82, 2.24) is 15.0 Å². The molecule has 3 N–H and O–H groups in total. The van der Waals surface area contributed by atoms with Crippen molar-refractivity contribution in [3.8, 4) is 6.01 Å². The van der Waals surface area contributed by atoms with Crippen molar-refractivity contribution in [2.75, 3.05) is 30.9 Å². The Labute approximate surface area is 113 Å². The van der Waals surface area contributed by atoms with E-state index in [1.807, 2.05) is 20.8 Å². The van der Waals surface area contributed by atoms with Crippen LogP contribution in [0.5, 0.6) is 6.01 Å². The van der Waals surface area contributed by atoms with E-state index in [0.717, 1.165) is 12.8 Å². The second-order valence-corrected chi connectivity index (χ2v) is 4.56. The molecule has 1 aromatic heterocycles. The SMILES string of the molecule is CCCOc1nc(NC)nc(NC(C)(CC)CO)n1. The topological polar surface area (TPSA) is 92.2 Å². The summed E-state index contributed by atoms with van der Waals surface area (Å²) in [6, 6.07) is 0.278. The lowest BCUT2D eigenvalue weighted by Crippen LogP contribution is -2.38. The van der Waals surface area contributed by atoms with E-state index in [1.165, 1.54) is 0 Å². The normalized spacial score (nSPS) is 13.7. The van der Waals surface area contributed by atoms with Gasteiger partial charge in [0.2, 0.25) is 11.9 Å². The zero-order valence-corrected chi connectivity index (χ0v) is 12.0. The van der Waals surface area contributed by atoms with E-state index < -0.39 is 5.54 Å². The number of aromatic nitrogens is 3. The highest BCUT2D eigenvalue weighted by atomic mass is 16.5. The van der Waals surface area contributed by atoms with Crippen molar-refractivity contribution < 1.29 is 9.84 Å². The number of hydrogen-bond donors (Lipinski definition) is 3. The summed E-state index contributed by atoms with van der Waals surface area (Å²) in [7, 11) is 1.73. The third-order valence-electron chi connectivity index (χ3n) is 2.82. The van der Waals surface area contributed by atoms with Crippen molar-refractivity contribution in [2.24, 2.45) is 0 Å². The molecule has 1 aromatic rings. The van der Waals surface area contributed by atoms with Crippen molar-refractivity contribution in [2.45, 2.75) is 39.2 Å². The molecular weight excluding hydrogens is 246 g/mol. The number of hydrogen-bond acceptors (Lipinski definition) is 7. The van der Waals surface area contributed by atoms with Gasteiger partial charge in [-0.25, -0.2) is 0 Å². The first-order chi connectivity index (χ1) is 9.06. The molecule has 108 valence electrons. The molecule has 0 bridgehead atoms. The first kappa shape index (κ1) is 15.4. The van der Waals surface area contributed by atoms with Crippen LogP contribution in [0.25, 0.3) is 0 Å². The fourth-order valence-electron chi connectivity index (χ4n) is 1.29. The summed E-state index contributed by atoms with van der Waals surface area (Å²) in [5, 5.41) is 15.4. The van der Waals surface area contributed by atoms with Crippen LogP contribution in [0, 0.1) is 0 Å². The minimum Gasteiger partial charge on any atom is -0.463 e. The maximum Gasteiger partial charge on any atom is 0.323 e. The molecule has 1 heterocycles. The van der Waals surface area contributed by atoms with Gasteiger partial charge in [-0.15, -0.1) is 0 Å². The Morgan fingerprint density at radius 1 is 1.21 bits per heavy atom. The summed E-state index contributed by atoms with van der Waals surface area (Å²) in [4.78, 5) is 12.5. The fraction of sp³-hybridized carbons (Fsp3) is 0.750. The van der Waals surface area contributed by atoms with Crippen molar-refractivity contribution in [3.05, 3.63) is 0 Å². The first-order valence-electron chi connectivity index (χ1n) is 6.52. The summed E-state index contributed by atoms with van der Waals surface area (Å²) in [6.45, 7) is 6.45. The van der Waals surface area contributed by atoms with Crippen LogP contribution in [0.3, 0.4) is 0 Å². The predicted octanol–water partition coefficient (Wildman–Crippen LogP) is 1.27. The van der Waals surface area contributed by atoms with E-state index in [4.69, 9.17) is 4.74 Å². The molecule has 0 saturated heterocycles. The molecule has 0 radical (unpaired) electrons. The van der Waals surface area contributed by atoms with E-state index >= 15 is 0 Å². The molecule has 0 aliphatic rings. The molecule has 0 aliphatic heterocycles. The minimum atomic E-state index is -0.464. The summed E-state index contributed by atoms with van der Waals surface area (Å²) < 4.78 is 5.42. The highest BCUT2D eigenvalue weighted by Gasteiger charge is 2.22. The molecule has 0 fully saturated rings. The molecule has 7 heteroatoms. The van der Waals surface area contributed by atoms with Crippen molar-refractivity contribution in [1.29, 1.82) is 0 Å². The molecule has 0 spiro atoms. The number of anilines is 2. The molecule has 0 saturated carbocycles. The van der Waals surface area contributed by atoms with E-state index in [0.29, 0.717) is 18.5 Å². The lowest BCUT2D eigenvalue weighted by molar-refractivity contribution is 0.218.